The third kappa shape index (κ3) is 23.2. The maximum Gasteiger partial charge on any atom is 1.00 e. The normalized spacial score (nSPS) is 40.4. The molecule has 4 saturated heterocycles. The van der Waals surface area contributed by atoms with Crippen molar-refractivity contribution >= 4 is 72.8 Å². The second-order valence-electron chi connectivity index (χ2n) is 22.1. The van der Waals surface area contributed by atoms with Crippen LogP contribution in [0.2, 0.25) is 0 Å². The summed E-state index contributed by atoms with van der Waals surface area (Å²) < 4.78 is 319. The predicted octanol–water partition coefficient (Wildman–Crippen LogP) is -23.1. The van der Waals surface area contributed by atoms with Gasteiger partial charge in [0.05, 0.1) is 32.0 Å². The molecule has 4 aliphatic carbocycles. The molecule has 4 aliphatic heterocycles. The van der Waals surface area contributed by atoms with E-state index in [9.17, 15) is 90.8 Å². The van der Waals surface area contributed by atoms with Crippen molar-refractivity contribution in [3.63, 3.8) is 0 Å². The largest absolute Gasteiger partial charge is 1.00 e. The van der Waals surface area contributed by atoms with Crippen molar-refractivity contribution in [2.45, 2.75) is 171 Å². The van der Waals surface area contributed by atoms with Crippen molar-refractivity contribution in [3.05, 3.63) is 0 Å². The Morgan fingerprint density at radius 2 is 0.897 bits per heavy atom. The molecule has 0 bridgehead atoms. The van der Waals surface area contributed by atoms with E-state index in [1.54, 1.807) is 0 Å². The monoisotopic (exact) mass is 1450 g/mol. The number of hydrogen-bond acceptors (Lipinski definition) is 34. The van der Waals surface area contributed by atoms with E-state index in [0.29, 0.717) is 25.4 Å². The first kappa shape index (κ1) is 90.9. The van der Waals surface area contributed by atoms with Crippen LogP contribution < -0.4 is 207 Å². The predicted molar refractivity (Wildman–Crippen MR) is 243 cm³/mol. The van der Waals surface area contributed by atoms with Crippen molar-refractivity contribution in [1.82, 2.24) is 0 Å². The molecule has 34 nitrogen and oxygen atoms in total. The van der Waals surface area contributed by atoms with Gasteiger partial charge in [0.1, 0.15) is 42.7 Å². The average molecular weight is 1460 g/mol. The summed E-state index contributed by atoms with van der Waals surface area (Å²) in [4.78, 5) is 0. The molecule has 8 fully saturated rings. The van der Waals surface area contributed by atoms with Crippen molar-refractivity contribution in [3.8, 4) is 0 Å². The zero-order valence-corrected chi connectivity index (χ0v) is 69.1. The van der Waals surface area contributed by atoms with E-state index < -0.39 is 165 Å². The van der Waals surface area contributed by atoms with Crippen molar-refractivity contribution in [1.29, 1.82) is 0 Å². The van der Waals surface area contributed by atoms with Gasteiger partial charge in [-0.15, -0.1) is 0 Å². The first-order valence-corrected chi connectivity index (χ1v) is 34.1. The molecular weight excluding hydrogens is 1400 g/mol. The molecule has 8 aliphatic rings. The summed E-state index contributed by atoms with van der Waals surface area (Å²) in [6, 6.07) is 0. The van der Waals surface area contributed by atoms with Crippen LogP contribution in [0.5, 0.6) is 0 Å². The summed E-state index contributed by atoms with van der Waals surface area (Å²) >= 11 is 0. The quantitative estimate of drug-likeness (QED) is 0.0473. The molecule has 0 aromatic rings. The average Bonchev–Trinajstić information content (AvgIpc) is 3.73. The standard InChI is InChI=1S/C39H64O34S7.7Na/c1-18-7-12-39(61-15-18)19(2)28-25(68-39)14-24-22-6-5-20-13-21(8-10-37(20,3)23(22)9-11-38(24,28)4)64-35-33(31(71-78(52,53)54)29(69-76(46,47)48)26(65-35)16-62-74(40,41)42)67-36-34(73-80(58,59)60)32(72-79(55,56)57)30(70-77(49,50)51)27(66-36)17-63-75(43,44)45;;;;;;;/h18-36H,5-17H2,1-4H3,(H,40,41,42)(H,43,44,45)(H,46,47,48)(H,49,50,51)(H,52,53,54)(H,55,56,57)(H,58,59,60);;;;;;;/q;7*+1/p-7/t18-,19-,20-,21-,22+,23-,24-,25-,26+,27+,28-,29-,30+,31-,32-,33+,34+,35+,36-,37-,38-,39+;;;;;;;/m0......./s1. The molecule has 4 heterocycles. The van der Waals surface area contributed by atoms with E-state index in [2.05, 4.69) is 57.0 Å². The zero-order valence-electron chi connectivity index (χ0n) is 49.4. The van der Waals surface area contributed by atoms with Crippen LogP contribution in [0.1, 0.15) is 91.9 Å². The van der Waals surface area contributed by atoms with Gasteiger partial charge >= 0.3 is 207 Å². The molecule has 466 valence electrons. The van der Waals surface area contributed by atoms with E-state index >= 15 is 0 Å². The van der Waals surface area contributed by atoms with Crippen LogP contribution >= 0.6 is 0 Å². The summed E-state index contributed by atoms with van der Waals surface area (Å²) in [6.45, 7) is 5.75. The Kier molecular flexibility index (Phi) is 35.7. The van der Waals surface area contributed by atoms with Gasteiger partial charge in [0, 0.05) is 12.3 Å². The summed E-state index contributed by atoms with van der Waals surface area (Å²) in [6.07, 6.45) is -25.5. The maximum absolute atomic E-state index is 12.5. The molecule has 0 aromatic heterocycles. The number of rotatable bonds is 20. The van der Waals surface area contributed by atoms with Crippen LogP contribution in [0.15, 0.2) is 0 Å². The molecule has 87 heavy (non-hydrogen) atoms. The van der Waals surface area contributed by atoms with Crippen LogP contribution in [0.3, 0.4) is 0 Å². The molecule has 22 atom stereocenters. The molecule has 48 heteroatoms. The molecular formula is C39H57Na7O34S7. The first-order chi connectivity index (χ1) is 36.5. The molecule has 4 saturated carbocycles. The van der Waals surface area contributed by atoms with Crippen LogP contribution in [-0.4, -0.2) is 190 Å². The van der Waals surface area contributed by atoms with Crippen molar-refractivity contribution < 1.29 is 355 Å². The molecule has 0 aromatic carbocycles. The second-order valence-corrected chi connectivity index (χ2v) is 29.3. The van der Waals surface area contributed by atoms with E-state index in [0.717, 1.165) is 38.5 Å². The zero-order chi connectivity index (χ0) is 59.4. The Bertz CT molecular complexity index is 3120. The molecule has 0 amide bonds. The Labute approximate surface area is 661 Å². The summed E-state index contributed by atoms with van der Waals surface area (Å²) in [5.41, 5.74) is -0.467. The van der Waals surface area contributed by atoms with Crippen LogP contribution in [0.4, 0.5) is 0 Å². The number of ether oxygens (including phenoxy) is 6. The maximum atomic E-state index is 12.5. The minimum Gasteiger partial charge on any atom is -0.726 e. The fraction of sp³-hybridized carbons (Fsp3) is 1.00. The number of fused-ring (bicyclic) bond motifs is 7. The van der Waals surface area contributed by atoms with E-state index in [4.69, 9.17) is 28.4 Å². The Balaban J connectivity index is 0.00000541. The van der Waals surface area contributed by atoms with E-state index in [1.807, 2.05) is 0 Å². The minimum absolute atomic E-state index is 0. The van der Waals surface area contributed by atoms with Gasteiger partial charge in [0.25, 0.3) is 0 Å². The fourth-order valence-electron chi connectivity index (χ4n) is 14.6. The molecule has 0 unspecified atom stereocenters. The molecule has 1 spiro atoms. The fourth-order valence-corrected chi connectivity index (χ4v) is 17.7. The van der Waals surface area contributed by atoms with Crippen molar-refractivity contribution in [2.75, 3.05) is 19.8 Å². The SMILES string of the molecule is C[C@H]1CC[C@@]2(OC1)O[C@H]1C[C@H]3[C@@H]4CC[C@H]5C[C@@H](O[C@@H]6O[C@H](COS(=O)(=O)[O-])[C@H](OS(=O)(=O)[O-])[C@H](OS(=O)(=O)[O-])[C@H]6O[C@@H]6O[C@H](COS(=O)(=O)[O-])[C@@H](OS(=O)(=O)[O-])[C@H](OS(=O)(=O)[O-])[C@H]6OS(=O)(=O)[O-])CC[C@]5(C)[C@H]4CC[C@]3(C)[C@H]1[C@@H]2C.[Na+].[Na+].[Na+].[Na+].[Na+].[Na+].[Na+]. The summed E-state index contributed by atoms with van der Waals surface area (Å²) in [5, 5.41) is 0. The van der Waals surface area contributed by atoms with E-state index in [-0.39, 0.29) is 267 Å². The third-order valence-electron chi connectivity index (χ3n) is 17.6. The van der Waals surface area contributed by atoms with Gasteiger partial charge in [-0.2, -0.15) is 0 Å². The van der Waals surface area contributed by atoms with Crippen molar-refractivity contribution in [2.24, 2.45) is 52.3 Å². The summed E-state index contributed by atoms with van der Waals surface area (Å²) in [7, 11) is -43.7. The van der Waals surface area contributed by atoms with Gasteiger partial charge in [-0.1, -0.05) is 27.7 Å². The van der Waals surface area contributed by atoms with Crippen LogP contribution in [-0.2, 0) is 130 Å². The van der Waals surface area contributed by atoms with Crippen LogP contribution in [0, 0.1) is 52.3 Å². The van der Waals surface area contributed by atoms with Gasteiger partial charge in [-0.25, -0.2) is 58.9 Å². The second kappa shape index (κ2) is 34.2. The Morgan fingerprint density at radius 1 is 0.460 bits per heavy atom. The third-order valence-corrected chi connectivity index (χ3v) is 20.7. The van der Waals surface area contributed by atoms with E-state index in [1.165, 1.54) is 0 Å². The molecule has 0 radical (unpaired) electrons. The van der Waals surface area contributed by atoms with Gasteiger partial charge in [0.15, 0.2) is 24.5 Å². The smallest absolute Gasteiger partial charge is 0.726 e. The van der Waals surface area contributed by atoms with Gasteiger partial charge in [-0.05, 0) is 104 Å². The molecule has 0 N–H and O–H groups in total. The topological polar surface area (TPSA) is 520 Å². The van der Waals surface area contributed by atoms with Crippen LogP contribution in [0.25, 0.3) is 0 Å². The molecule has 8 rings (SSSR count). The Morgan fingerprint density at radius 3 is 1.34 bits per heavy atom. The first-order valence-electron chi connectivity index (χ1n) is 24.8. The summed E-state index contributed by atoms with van der Waals surface area (Å²) in [5.74, 6) is 0.648. The van der Waals surface area contributed by atoms with Gasteiger partial charge in [-0.3, -0.25) is 29.3 Å². The van der Waals surface area contributed by atoms with Gasteiger partial charge in [0.2, 0.25) is 72.8 Å². The minimum atomic E-state index is -6.44. The number of hydrogen-bond donors (Lipinski definition) is 0. The Hall–Kier alpha value is 5.85. The van der Waals surface area contributed by atoms with Gasteiger partial charge < -0.3 is 60.3 Å².